The van der Waals surface area contributed by atoms with Crippen LogP contribution in [0.15, 0.2) is 0 Å². The number of carbonyl (C=O) groups excluding carboxylic acids is 1. The van der Waals surface area contributed by atoms with Gasteiger partial charge in [0.1, 0.15) is 5.78 Å². The second kappa shape index (κ2) is 6.21. The van der Waals surface area contributed by atoms with Crippen molar-refractivity contribution in [1.82, 2.24) is 4.90 Å². The van der Waals surface area contributed by atoms with Crippen LogP contribution in [0.2, 0.25) is 0 Å². The third kappa shape index (κ3) is 3.10. The molecule has 0 aromatic carbocycles. The van der Waals surface area contributed by atoms with Gasteiger partial charge < -0.3 is 0 Å². The SMILES string of the molecule is C#CCCCN1CCCC1C1CCCCC1=O. The van der Waals surface area contributed by atoms with Crippen LogP contribution in [0.1, 0.15) is 51.4 Å². The molecule has 0 aromatic rings. The van der Waals surface area contributed by atoms with E-state index in [1.807, 2.05) is 0 Å². The second-order valence-corrected chi connectivity index (χ2v) is 5.37. The van der Waals surface area contributed by atoms with Crippen molar-refractivity contribution in [2.24, 2.45) is 5.92 Å². The summed E-state index contributed by atoms with van der Waals surface area (Å²) in [7, 11) is 0. The summed E-state index contributed by atoms with van der Waals surface area (Å²) in [5, 5.41) is 0. The second-order valence-electron chi connectivity index (χ2n) is 5.37. The zero-order chi connectivity index (χ0) is 12.1. The normalized spacial score (nSPS) is 30.4. The highest BCUT2D eigenvalue weighted by Gasteiger charge is 2.36. The molecule has 2 rings (SSSR count). The van der Waals surface area contributed by atoms with Gasteiger partial charge in [-0.25, -0.2) is 0 Å². The van der Waals surface area contributed by atoms with Gasteiger partial charge in [0.25, 0.3) is 0 Å². The average molecular weight is 233 g/mol. The molecule has 1 heterocycles. The number of unbranched alkanes of at least 4 members (excludes halogenated alkanes) is 1. The molecule has 2 aliphatic rings. The number of rotatable bonds is 4. The molecule has 1 aliphatic carbocycles. The molecule has 1 saturated heterocycles. The molecule has 2 heteroatoms. The van der Waals surface area contributed by atoms with E-state index in [1.54, 1.807) is 0 Å². The van der Waals surface area contributed by atoms with Crippen LogP contribution >= 0.6 is 0 Å². The minimum atomic E-state index is 0.331. The first-order chi connectivity index (χ1) is 8.33. The van der Waals surface area contributed by atoms with Gasteiger partial charge in [0.15, 0.2) is 0 Å². The number of hydrogen-bond acceptors (Lipinski definition) is 2. The maximum atomic E-state index is 12.0. The fourth-order valence-corrected chi connectivity index (χ4v) is 3.39. The zero-order valence-electron chi connectivity index (χ0n) is 10.7. The van der Waals surface area contributed by atoms with Gasteiger partial charge in [0.2, 0.25) is 0 Å². The van der Waals surface area contributed by atoms with Gasteiger partial charge in [-0.2, -0.15) is 0 Å². The van der Waals surface area contributed by atoms with E-state index < -0.39 is 0 Å². The number of carbonyl (C=O) groups is 1. The smallest absolute Gasteiger partial charge is 0.137 e. The Bertz CT molecular complexity index is 305. The van der Waals surface area contributed by atoms with Crippen LogP contribution in [0.3, 0.4) is 0 Å². The molecule has 17 heavy (non-hydrogen) atoms. The van der Waals surface area contributed by atoms with E-state index in [2.05, 4.69) is 10.8 Å². The summed E-state index contributed by atoms with van der Waals surface area (Å²) in [6, 6.07) is 0.528. The topological polar surface area (TPSA) is 20.3 Å². The van der Waals surface area contributed by atoms with E-state index in [0.29, 0.717) is 17.7 Å². The third-order valence-corrected chi connectivity index (χ3v) is 4.25. The van der Waals surface area contributed by atoms with E-state index in [0.717, 1.165) is 38.6 Å². The predicted octanol–water partition coefficient (Wildman–Crippen LogP) is 2.62. The number of ketones is 1. The van der Waals surface area contributed by atoms with E-state index >= 15 is 0 Å². The van der Waals surface area contributed by atoms with Crippen molar-refractivity contribution in [1.29, 1.82) is 0 Å². The summed E-state index contributed by atoms with van der Waals surface area (Å²) in [4.78, 5) is 14.5. The van der Waals surface area contributed by atoms with Crippen molar-refractivity contribution in [2.75, 3.05) is 13.1 Å². The number of likely N-dealkylation sites (tertiary alicyclic amines) is 1. The van der Waals surface area contributed by atoms with Crippen molar-refractivity contribution in [3.8, 4) is 12.3 Å². The lowest BCUT2D eigenvalue weighted by molar-refractivity contribution is -0.126. The molecule has 94 valence electrons. The molecular weight excluding hydrogens is 210 g/mol. The summed E-state index contributed by atoms with van der Waals surface area (Å²) >= 11 is 0. The van der Waals surface area contributed by atoms with Gasteiger partial charge in [-0.05, 0) is 45.2 Å². The molecule has 2 atom stereocenters. The molecule has 0 N–H and O–H groups in total. The molecule has 1 aliphatic heterocycles. The Kier molecular flexibility index (Phi) is 4.62. The molecule has 0 amide bonds. The van der Waals surface area contributed by atoms with Gasteiger partial charge in [0.05, 0.1) is 0 Å². The summed E-state index contributed by atoms with van der Waals surface area (Å²) in [5.41, 5.74) is 0. The van der Waals surface area contributed by atoms with Crippen molar-refractivity contribution in [3.05, 3.63) is 0 Å². The molecular formula is C15H23NO. The minimum Gasteiger partial charge on any atom is -0.300 e. The van der Waals surface area contributed by atoms with Crippen molar-refractivity contribution in [2.45, 2.75) is 57.4 Å². The summed E-state index contributed by atoms with van der Waals surface area (Å²) in [5.74, 6) is 3.55. The molecule has 0 aromatic heterocycles. The highest BCUT2D eigenvalue weighted by atomic mass is 16.1. The number of nitrogens with zero attached hydrogens (tertiary/aromatic N) is 1. The van der Waals surface area contributed by atoms with E-state index in [4.69, 9.17) is 6.42 Å². The third-order valence-electron chi connectivity index (χ3n) is 4.25. The monoisotopic (exact) mass is 233 g/mol. The Morgan fingerprint density at radius 3 is 2.94 bits per heavy atom. The summed E-state index contributed by atoms with van der Waals surface area (Å²) in [6.07, 6.45) is 14.0. The Hall–Kier alpha value is -0.810. The van der Waals surface area contributed by atoms with Gasteiger partial charge in [-0.3, -0.25) is 9.69 Å². The van der Waals surface area contributed by atoms with Crippen LogP contribution in [0.4, 0.5) is 0 Å². The quantitative estimate of drug-likeness (QED) is 0.549. The lowest BCUT2D eigenvalue weighted by Crippen LogP contribution is -2.41. The summed E-state index contributed by atoms with van der Waals surface area (Å²) < 4.78 is 0. The zero-order valence-corrected chi connectivity index (χ0v) is 10.7. The highest BCUT2D eigenvalue weighted by molar-refractivity contribution is 5.82. The van der Waals surface area contributed by atoms with Crippen LogP contribution in [-0.2, 0) is 4.79 Å². The van der Waals surface area contributed by atoms with Gasteiger partial charge in [-0.15, -0.1) is 12.3 Å². The lowest BCUT2D eigenvalue weighted by atomic mass is 9.82. The first kappa shape index (κ1) is 12.6. The fraction of sp³-hybridized carbons (Fsp3) is 0.800. The molecule has 2 fully saturated rings. The maximum absolute atomic E-state index is 12.0. The predicted molar refractivity (Wildman–Crippen MR) is 69.6 cm³/mol. The van der Waals surface area contributed by atoms with Gasteiger partial charge >= 0.3 is 0 Å². The highest BCUT2D eigenvalue weighted by Crippen LogP contribution is 2.32. The van der Waals surface area contributed by atoms with Gasteiger partial charge in [-0.1, -0.05) is 6.42 Å². The molecule has 0 radical (unpaired) electrons. The molecule has 0 bridgehead atoms. The maximum Gasteiger partial charge on any atom is 0.137 e. The Balaban J connectivity index is 1.89. The number of terminal acetylenes is 1. The molecule has 0 spiro atoms. The standard InChI is InChI=1S/C15H23NO/c1-2-3-6-11-16-12-7-9-14(16)13-8-4-5-10-15(13)17/h1,13-14H,3-12H2. The molecule has 2 nitrogen and oxygen atoms in total. The largest absolute Gasteiger partial charge is 0.300 e. The van der Waals surface area contributed by atoms with Gasteiger partial charge in [0, 0.05) is 24.8 Å². The van der Waals surface area contributed by atoms with Crippen LogP contribution < -0.4 is 0 Å². The van der Waals surface area contributed by atoms with E-state index in [1.165, 1.54) is 25.8 Å². The first-order valence-electron chi connectivity index (χ1n) is 7.03. The van der Waals surface area contributed by atoms with E-state index in [-0.39, 0.29) is 0 Å². The van der Waals surface area contributed by atoms with Crippen LogP contribution in [-0.4, -0.2) is 29.8 Å². The molecule has 1 saturated carbocycles. The van der Waals surface area contributed by atoms with Crippen molar-refractivity contribution >= 4 is 5.78 Å². The number of Topliss-reactive ketones (excluding diaryl/α,β-unsaturated/α-hetero) is 1. The molecule has 2 unspecified atom stereocenters. The van der Waals surface area contributed by atoms with Crippen LogP contribution in [0.25, 0.3) is 0 Å². The lowest BCUT2D eigenvalue weighted by Gasteiger charge is -2.33. The summed E-state index contributed by atoms with van der Waals surface area (Å²) in [6.45, 7) is 2.25. The average Bonchev–Trinajstić information content (AvgIpc) is 2.78. The van der Waals surface area contributed by atoms with E-state index in [9.17, 15) is 4.79 Å². The Labute approximate surface area is 105 Å². The van der Waals surface area contributed by atoms with Crippen LogP contribution in [0.5, 0.6) is 0 Å². The Morgan fingerprint density at radius 1 is 1.29 bits per heavy atom. The fourth-order valence-electron chi connectivity index (χ4n) is 3.39. The first-order valence-corrected chi connectivity index (χ1v) is 7.03. The van der Waals surface area contributed by atoms with Crippen molar-refractivity contribution in [3.63, 3.8) is 0 Å². The van der Waals surface area contributed by atoms with Crippen LogP contribution in [0, 0.1) is 18.3 Å². The van der Waals surface area contributed by atoms with Crippen molar-refractivity contribution < 1.29 is 4.79 Å². The number of hydrogen-bond donors (Lipinski definition) is 0. The Morgan fingerprint density at radius 2 is 2.18 bits per heavy atom. The minimum absolute atomic E-state index is 0.331.